The molecule has 1 aliphatic heterocycles. The molecule has 0 bridgehead atoms. The van der Waals surface area contributed by atoms with E-state index in [1.807, 2.05) is 31.2 Å². The van der Waals surface area contributed by atoms with Crippen LogP contribution in [0.5, 0.6) is 11.5 Å². The molecule has 3 aromatic carbocycles. The Hall–Kier alpha value is -2.60. The molecular formula is C24H21Cl2FN2O2. The number of nitrogens with zero attached hydrogens (tertiary/aromatic N) is 1. The third-order valence-electron chi connectivity index (χ3n) is 5.18. The summed E-state index contributed by atoms with van der Waals surface area (Å²) in [6, 6.07) is 16.7. The molecular weight excluding hydrogens is 438 g/mol. The molecule has 0 saturated heterocycles. The van der Waals surface area contributed by atoms with Gasteiger partial charge in [0.1, 0.15) is 23.5 Å². The molecule has 0 fully saturated rings. The number of ether oxygens (including phenoxy) is 1. The third-order valence-corrected chi connectivity index (χ3v) is 5.74. The summed E-state index contributed by atoms with van der Waals surface area (Å²) in [5, 5.41) is 14.5. The SMILES string of the molecule is CCOc1ccc(C2=N[C@@H](c3c(F)cccc3Cl)N[C@H](c3cc(Cl)ccc3O)C2)cc1. The van der Waals surface area contributed by atoms with E-state index < -0.39 is 12.0 Å². The molecule has 0 radical (unpaired) electrons. The van der Waals surface area contributed by atoms with E-state index in [0.29, 0.717) is 23.6 Å². The molecule has 0 unspecified atom stereocenters. The first-order chi connectivity index (χ1) is 15.0. The van der Waals surface area contributed by atoms with Crippen molar-refractivity contribution in [2.45, 2.75) is 25.6 Å². The van der Waals surface area contributed by atoms with Crippen molar-refractivity contribution in [1.29, 1.82) is 0 Å². The fourth-order valence-corrected chi connectivity index (χ4v) is 4.16. The highest BCUT2D eigenvalue weighted by Gasteiger charge is 2.30. The zero-order valence-electron chi connectivity index (χ0n) is 16.8. The number of rotatable bonds is 5. The number of phenols is 1. The van der Waals surface area contributed by atoms with Crippen LogP contribution in [0.1, 0.15) is 42.2 Å². The van der Waals surface area contributed by atoms with Gasteiger partial charge in [0.15, 0.2) is 0 Å². The van der Waals surface area contributed by atoms with Gasteiger partial charge in [-0.1, -0.05) is 29.3 Å². The van der Waals surface area contributed by atoms with Crippen molar-refractivity contribution < 1.29 is 14.2 Å². The summed E-state index contributed by atoms with van der Waals surface area (Å²) in [5.74, 6) is 0.419. The van der Waals surface area contributed by atoms with Crippen LogP contribution in [-0.4, -0.2) is 17.4 Å². The van der Waals surface area contributed by atoms with Crippen LogP contribution in [0.25, 0.3) is 0 Å². The van der Waals surface area contributed by atoms with E-state index >= 15 is 0 Å². The summed E-state index contributed by atoms with van der Waals surface area (Å²) in [6.45, 7) is 2.50. The molecule has 4 nitrogen and oxygen atoms in total. The predicted molar refractivity (Wildman–Crippen MR) is 122 cm³/mol. The van der Waals surface area contributed by atoms with E-state index in [-0.39, 0.29) is 22.4 Å². The van der Waals surface area contributed by atoms with Crippen molar-refractivity contribution in [2.75, 3.05) is 6.61 Å². The van der Waals surface area contributed by atoms with Crippen LogP contribution in [0.3, 0.4) is 0 Å². The number of hydrogen-bond donors (Lipinski definition) is 2. The van der Waals surface area contributed by atoms with Crippen molar-refractivity contribution in [3.05, 3.63) is 93.2 Å². The topological polar surface area (TPSA) is 53.8 Å². The minimum atomic E-state index is -0.729. The maximum absolute atomic E-state index is 14.7. The van der Waals surface area contributed by atoms with E-state index in [0.717, 1.165) is 17.0 Å². The van der Waals surface area contributed by atoms with Crippen LogP contribution in [-0.2, 0) is 0 Å². The summed E-state index contributed by atoms with van der Waals surface area (Å²) in [6.07, 6.45) is -0.253. The second kappa shape index (κ2) is 9.27. The van der Waals surface area contributed by atoms with Gasteiger partial charge in [-0.05, 0) is 67.1 Å². The van der Waals surface area contributed by atoms with E-state index in [1.165, 1.54) is 6.07 Å². The number of nitrogens with one attached hydrogen (secondary N) is 1. The van der Waals surface area contributed by atoms with Gasteiger partial charge in [-0.25, -0.2) is 4.39 Å². The Morgan fingerprint density at radius 3 is 2.61 bits per heavy atom. The molecule has 160 valence electrons. The zero-order chi connectivity index (χ0) is 22.0. The van der Waals surface area contributed by atoms with Crippen molar-refractivity contribution in [2.24, 2.45) is 4.99 Å². The summed E-state index contributed by atoms with van der Waals surface area (Å²) in [7, 11) is 0. The molecule has 7 heteroatoms. The maximum atomic E-state index is 14.7. The Bertz CT molecular complexity index is 1100. The Morgan fingerprint density at radius 2 is 1.90 bits per heavy atom. The molecule has 4 rings (SSSR count). The Kier molecular flexibility index (Phi) is 6.46. The fraction of sp³-hybridized carbons (Fsp3) is 0.208. The lowest BCUT2D eigenvalue weighted by Gasteiger charge is -2.31. The Morgan fingerprint density at radius 1 is 1.13 bits per heavy atom. The number of benzene rings is 3. The van der Waals surface area contributed by atoms with Gasteiger partial charge in [0.25, 0.3) is 0 Å². The highest BCUT2D eigenvalue weighted by atomic mass is 35.5. The van der Waals surface area contributed by atoms with Gasteiger partial charge in [-0.3, -0.25) is 10.3 Å². The number of aromatic hydroxyl groups is 1. The molecule has 31 heavy (non-hydrogen) atoms. The van der Waals surface area contributed by atoms with Gasteiger partial charge in [0, 0.05) is 34.3 Å². The van der Waals surface area contributed by atoms with E-state index in [4.69, 9.17) is 32.9 Å². The van der Waals surface area contributed by atoms with Gasteiger partial charge in [0.05, 0.1) is 11.6 Å². The summed E-state index contributed by atoms with van der Waals surface area (Å²) >= 11 is 12.5. The summed E-state index contributed by atoms with van der Waals surface area (Å²) in [4.78, 5) is 4.77. The van der Waals surface area contributed by atoms with Crippen LogP contribution in [0.2, 0.25) is 10.0 Å². The van der Waals surface area contributed by atoms with E-state index in [2.05, 4.69) is 5.32 Å². The molecule has 0 saturated carbocycles. The molecule has 0 amide bonds. The molecule has 0 aromatic heterocycles. The molecule has 0 spiro atoms. The van der Waals surface area contributed by atoms with Crippen LogP contribution < -0.4 is 10.1 Å². The Labute approximate surface area is 190 Å². The standard InChI is InChI=1S/C24H21Cl2FN2O2/c1-2-31-16-9-6-14(7-10-16)20-13-21(17-12-15(25)8-11-22(17)30)29-24(28-20)23-18(26)4-3-5-19(23)27/h3-12,21,24,29-30H,2,13H2,1H3/t21-,24+/m0/s1. The minimum absolute atomic E-state index is 0.105. The highest BCUT2D eigenvalue weighted by molar-refractivity contribution is 6.31. The zero-order valence-corrected chi connectivity index (χ0v) is 18.3. The third kappa shape index (κ3) is 4.69. The molecule has 2 N–H and O–H groups in total. The van der Waals surface area contributed by atoms with Crippen molar-refractivity contribution in [3.63, 3.8) is 0 Å². The number of hydrogen-bond acceptors (Lipinski definition) is 4. The largest absolute Gasteiger partial charge is 0.508 e. The quantitative estimate of drug-likeness (QED) is 0.461. The average molecular weight is 459 g/mol. The predicted octanol–water partition coefficient (Wildman–Crippen LogP) is 6.46. The maximum Gasteiger partial charge on any atom is 0.131 e. The number of aliphatic imine (C=N–C) groups is 1. The van der Waals surface area contributed by atoms with Gasteiger partial charge in [-0.2, -0.15) is 0 Å². The average Bonchev–Trinajstić information content (AvgIpc) is 2.76. The van der Waals surface area contributed by atoms with Gasteiger partial charge >= 0.3 is 0 Å². The summed E-state index contributed by atoms with van der Waals surface area (Å²) in [5.41, 5.74) is 2.52. The van der Waals surface area contributed by atoms with E-state index in [1.54, 1.807) is 30.3 Å². The number of halogens is 3. The molecule has 0 aliphatic carbocycles. The van der Waals surface area contributed by atoms with Crippen molar-refractivity contribution in [1.82, 2.24) is 5.32 Å². The lowest BCUT2D eigenvalue weighted by atomic mass is 9.93. The fourth-order valence-electron chi connectivity index (χ4n) is 3.72. The van der Waals surface area contributed by atoms with Crippen LogP contribution in [0.4, 0.5) is 4.39 Å². The molecule has 1 heterocycles. The lowest BCUT2D eigenvalue weighted by molar-refractivity contribution is 0.340. The minimum Gasteiger partial charge on any atom is -0.508 e. The summed E-state index contributed by atoms with van der Waals surface area (Å²) < 4.78 is 20.2. The second-order valence-corrected chi connectivity index (χ2v) is 8.04. The Balaban J connectivity index is 1.78. The highest BCUT2D eigenvalue weighted by Crippen LogP contribution is 2.38. The lowest BCUT2D eigenvalue weighted by Crippen LogP contribution is -2.33. The second-order valence-electron chi connectivity index (χ2n) is 7.20. The monoisotopic (exact) mass is 458 g/mol. The number of phenolic OH excluding ortho intramolecular Hbond substituents is 1. The first kappa shape index (κ1) is 21.6. The smallest absolute Gasteiger partial charge is 0.131 e. The molecule has 3 aromatic rings. The first-order valence-electron chi connectivity index (χ1n) is 9.94. The van der Waals surface area contributed by atoms with Gasteiger partial charge < -0.3 is 9.84 Å². The molecule has 1 aliphatic rings. The van der Waals surface area contributed by atoms with Crippen molar-refractivity contribution >= 4 is 28.9 Å². The van der Waals surface area contributed by atoms with E-state index in [9.17, 15) is 9.50 Å². The van der Waals surface area contributed by atoms with Crippen molar-refractivity contribution in [3.8, 4) is 11.5 Å². The molecule has 2 atom stereocenters. The normalized spacial score (nSPS) is 18.5. The van der Waals surface area contributed by atoms with Gasteiger partial charge in [-0.15, -0.1) is 0 Å². The van der Waals surface area contributed by atoms with Gasteiger partial charge in [0.2, 0.25) is 0 Å². The van der Waals surface area contributed by atoms with Crippen LogP contribution in [0, 0.1) is 5.82 Å². The first-order valence-corrected chi connectivity index (χ1v) is 10.7. The van der Waals surface area contributed by atoms with Crippen LogP contribution in [0.15, 0.2) is 65.7 Å². The van der Waals surface area contributed by atoms with Crippen LogP contribution >= 0.6 is 23.2 Å².